The Morgan fingerprint density at radius 2 is 2.24 bits per heavy atom. The summed E-state index contributed by atoms with van der Waals surface area (Å²) in [5.41, 5.74) is 3.02. The molecule has 0 aromatic carbocycles. The largest absolute Gasteiger partial charge is 0.476 e. The van der Waals surface area contributed by atoms with E-state index in [0.29, 0.717) is 6.61 Å². The lowest BCUT2D eigenvalue weighted by atomic mass is 10.1. The summed E-state index contributed by atoms with van der Waals surface area (Å²) >= 11 is 0. The number of pyridine rings is 2. The van der Waals surface area contributed by atoms with Gasteiger partial charge >= 0.3 is 0 Å². The molecule has 0 saturated heterocycles. The van der Waals surface area contributed by atoms with Crippen molar-refractivity contribution in [3.63, 3.8) is 0 Å². The summed E-state index contributed by atoms with van der Waals surface area (Å²) in [5, 5.41) is 3.29. The summed E-state index contributed by atoms with van der Waals surface area (Å²) in [6, 6.07) is 7.97. The van der Waals surface area contributed by atoms with Gasteiger partial charge in [0.15, 0.2) is 0 Å². The van der Waals surface area contributed by atoms with Gasteiger partial charge < -0.3 is 10.1 Å². The summed E-state index contributed by atoms with van der Waals surface area (Å²) in [4.78, 5) is 8.64. The minimum Gasteiger partial charge on any atom is -0.476 e. The number of hydrogen-bond donors (Lipinski definition) is 1. The smallest absolute Gasteiger partial charge is 0.218 e. The normalized spacial score (nSPS) is 14.6. The Labute approximate surface area is 99.7 Å². The van der Waals surface area contributed by atoms with E-state index in [2.05, 4.69) is 21.4 Å². The second-order valence-corrected chi connectivity index (χ2v) is 3.93. The fraction of sp³-hybridized carbons (Fsp3) is 0.231. The second kappa shape index (κ2) is 4.51. The highest BCUT2D eigenvalue weighted by molar-refractivity contribution is 5.59. The number of nitrogens with one attached hydrogen (secondary N) is 1. The first-order valence-electron chi connectivity index (χ1n) is 5.67. The van der Waals surface area contributed by atoms with Crippen LogP contribution in [0.3, 0.4) is 0 Å². The van der Waals surface area contributed by atoms with Crippen LogP contribution >= 0.6 is 0 Å². The first-order valence-corrected chi connectivity index (χ1v) is 5.67. The molecule has 0 fully saturated rings. The van der Waals surface area contributed by atoms with Crippen LogP contribution in [-0.2, 0) is 6.54 Å². The van der Waals surface area contributed by atoms with Gasteiger partial charge in [-0.15, -0.1) is 0 Å². The maximum Gasteiger partial charge on any atom is 0.218 e. The maximum atomic E-state index is 5.62. The fourth-order valence-corrected chi connectivity index (χ4v) is 1.85. The van der Waals surface area contributed by atoms with Crippen LogP contribution in [0.1, 0.15) is 5.56 Å². The Morgan fingerprint density at radius 1 is 1.24 bits per heavy atom. The lowest BCUT2D eigenvalue weighted by molar-refractivity contribution is 0.314. The summed E-state index contributed by atoms with van der Waals surface area (Å²) in [6.45, 7) is 2.34. The van der Waals surface area contributed by atoms with Crippen LogP contribution < -0.4 is 10.1 Å². The topological polar surface area (TPSA) is 47.0 Å². The van der Waals surface area contributed by atoms with Crippen molar-refractivity contribution < 1.29 is 4.74 Å². The van der Waals surface area contributed by atoms with Crippen LogP contribution in [0.25, 0.3) is 11.3 Å². The molecule has 0 aliphatic carbocycles. The van der Waals surface area contributed by atoms with Gasteiger partial charge in [-0.25, -0.2) is 4.98 Å². The molecule has 17 heavy (non-hydrogen) atoms. The van der Waals surface area contributed by atoms with Crippen molar-refractivity contribution in [2.45, 2.75) is 6.54 Å². The molecular formula is C13H13N3O. The van der Waals surface area contributed by atoms with Crippen LogP contribution in [0.4, 0.5) is 0 Å². The molecule has 0 atom stereocenters. The van der Waals surface area contributed by atoms with E-state index < -0.39 is 0 Å². The van der Waals surface area contributed by atoms with Crippen molar-refractivity contribution in [3.8, 4) is 17.1 Å². The highest BCUT2D eigenvalue weighted by Crippen LogP contribution is 2.23. The van der Waals surface area contributed by atoms with E-state index in [1.807, 2.05) is 24.4 Å². The summed E-state index contributed by atoms with van der Waals surface area (Å²) in [6.07, 6.45) is 3.57. The van der Waals surface area contributed by atoms with Crippen molar-refractivity contribution in [2.24, 2.45) is 0 Å². The first kappa shape index (κ1) is 10.2. The van der Waals surface area contributed by atoms with E-state index in [1.54, 1.807) is 6.20 Å². The van der Waals surface area contributed by atoms with E-state index in [4.69, 9.17) is 4.74 Å². The average molecular weight is 227 g/mol. The lowest BCUT2D eigenvalue weighted by Crippen LogP contribution is -2.16. The number of fused-ring (bicyclic) bond motifs is 1. The molecule has 0 spiro atoms. The van der Waals surface area contributed by atoms with Gasteiger partial charge in [0.2, 0.25) is 5.88 Å². The standard InChI is InChI=1S/C13H13N3O/c1-2-10(8-14-5-1)12-4-3-11-9-15-6-7-17-13(11)16-12/h1-5,8,15H,6-7,9H2. The number of nitrogens with zero attached hydrogens (tertiary/aromatic N) is 2. The molecule has 4 nitrogen and oxygen atoms in total. The summed E-state index contributed by atoms with van der Waals surface area (Å²) in [7, 11) is 0. The number of rotatable bonds is 1. The molecule has 0 bridgehead atoms. The Hall–Kier alpha value is -1.94. The van der Waals surface area contributed by atoms with Crippen LogP contribution in [0.15, 0.2) is 36.7 Å². The van der Waals surface area contributed by atoms with Crippen molar-refractivity contribution in [3.05, 3.63) is 42.2 Å². The first-order chi connectivity index (χ1) is 8.43. The van der Waals surface area contributed by atoms with Crippen LogP contribution in [0, 0.1) is 0 Å². The van der Waals surface area contributed by atoms with Gasteiger partial charge in [-0.3, -0.25) is 4.98 Å². The molecule has 0 amide bonds. The SMILES string of the molecule is c1cncc(-c2ccc3c(n2)OCCNC3)c1. The third-order valence-electron chi connectivity index (χ3n) is 2.73. The predicted octanol–water partition coefficient (Wildman–Crippen LogP) is 1.63. The molecule has 4 heteroatoms. The monoisotopic (exact) mass is 227 g/mol. The molecule has 86 valence electrons. The van der Waals surface area contributed by atoms with Gasteiger partial charge in [-0.05, 0) is 18.2 Å². The molecule has 0 unspecified atom stereocenters. The van der Waals surface area contributed by atoms with E-state index in [-0.39, 0.29) is 0 Å². The van der Waals surface area contributed by atoms with Crippen LogP contribution in [0.2, 0.25) is 0 Å². The Morgan fingerprint density at radius 3 is 3.12 bits per heavy atom. The van der Waals surface area contributed by atoms with Gasteiger partial charge in [0.25, 0.3) is 0 Å². The quantitative estimate of drug-likeness (QED) is 0.804. The maximum absolute atomic E-state index is 5.62. The lowest BCUT2D eigenvalue weighted by Gasteiger charge is -2.07. The number of hydrogen-bond acceptors (Lipinski definition) is 4. The molecule has 2 aromatic rings. The number of ether oxygens (including phenoxy) is 1. The Kier molecular flexibility index (Phi) is 2.71. The van der Waals surface area contributed by atoms with Gasteiger partial charge in [-0.2, -0.15) is 0 Å². The third kappa shape index (κ3) is 2.12. The van der Waals surface area contributed by atoms with Crippen molar-refractivity contribution in [1.29, 1.82) is 0 Å². The zero-order valence-electron chi connectivity index (χ0n) is 9.39. The van der Waals surface area contributed by atoms with Crippen LogP contribution in [-0.4, -0.2) is 23.1 Å². The second-order valence-electron chi connectivity index (χ2n) is 3.93. The molecule has 0 radical (unpaired) electrons. The van der Waals surface area contributed by atoms with E-state index in [1.165, 1.54) is 0 Å². The fourth-order valence-electron chi connectivity index (χ4n) is 1.85. The van der Waals surface area contributed by atoms with Gasteiger partial charge in [-0.1, -0.05) is 6.07 Å². The zero-order chi connectivity index (χ0) is 11.5. The molecule has 1 N–H and O–H groups in total. The van der Waals surface area contributed by atoms with Crippen molar-refractivity contribution in [1.82, 2.24) is 15.3 Å². The Balaban J connectivity index is 2.00. The predicted molar refractivity (Wildman–Crippen MR) is 64.7 cm³/mol. The van der Waals surface area contributed by atoms with Gasteiger partial charge in [0.05, 0.1) is 5.69 Å². The number of aromatic nitrogens is 2. The van der Waals surface area contributed by atoms with Gasteiger partial charge in [0, 0.05) is 36.6 Å². The Bertz CT molecular complexity index is 513. The van der Waals surface area contributed by atoms with Crippen LogP contribution in [0.5, 0.6) is 5.88 Å². The molecular weight excluding hydrogens is 214 g/mol. The molecule has 3 heterocycles. The highest BCUT2D eigenvalue weighted by Gasteiger charge is 2.11. The molecule has 3 rings (SSSR count). The highest BCUT2D eigenvalue weighted by atomic mass is 16.5. The summed E-state index contributed by atoms with van der Waals surface area (Å²) in [5.74, 6) is 0.733. The third-order valence-corrected chi connectivity index (χ3v) is 2.73. The minimum absolute atomic E-state index is 0.663. The van der Waals surface area contributed by atoms with Crippen molar-refractivity contribution in [2.75, 3.05) is 13.2 Å². The van der Waals surface area contributed by atoms with E-state index in [9.17, 15) is 0 Å². The minimum atomic E-state index is 0.663. The van der Waals surface area contributed by atoms with Gasteiger partial charge in [0.1, 0.15) is 6.61 Å². The average Bonchev–Trinajstić information content (AvgIpc) is 2.64. The molecule has 0 saturated carbocycles. The molecule has 2 aromatic heterocycles. The van der Waals surface area contributed by atoms with E-state index >= 15 is 0 Å². The zero-order valence-corrected chi connectivity index (χ0v) is 9.39. The van der Waals surface area contributed by atoms with Crippen molar-refractivity contribution >= 4 is 0 Å². The van der Waals surface area contributed by atoms with E-state index in [0.717, 1.165) is 35.8 Å². The molecule has 1 aliphatic heterocycles. The molecule has 1 aliphatic rings. The summed E-state index contributed by atoms with van der Waals surface area (Å²) < 4.78 is 5.62.